The number of amides is 1. The van der Waals surface area contributed by atoms with Crippen LogP contribution in [0, 0.1) is 11.8 Å². The minimum Gasteiger partial charge on any atom is -0.458 e. The van der Waals surface area contributed by atoms with Gasteiger partial charge in [0.15, 0.2) is 5.78 Å². The van der Waals surface area contributed by atoms with Crippen LogP contribution in [0.5, 0.6) is 0 Å². The molecule has 3 rings (SSSR count). The van der Waals surface area contributed by atoms with Crippen molar-refractivity contribution in [1.29, 1.82) is 0 Å². The number of esters is 1. The summed E-state index contributed by atoms with van der Waals surface area (Å²) in [5.41, 5.74) is 1.58. The first-order valence-corrected chi connectivity index (χ1v) is 10.4. The molecule has 0 aromatic carbocycles. The molecular weight excluding hydrogens is 370 g/mol. The Morgan fingerprint density at radius 1 is 1.41 bits per heavy atom. The maximum Gasteiger partial charge on any atom is 0.331 e. The molecule has 4 atom stereocenters. The molecule has 0 unspecified atom stereocenters. The second-order valence-electron chi connectivity index (χ2n) is 8.82. The van der Waals surface area contributed by atoms with Gasteiger partial charge in [-0.25, -0.2) is 4.79 Å². The smallest absolute Gasteiger partial charge is 0.331 e. The van der Waals surface area contributed by atoms with Gasteiger partial charge in [0, 0.05) is 30.5 Å². The van der Waals surface area contributed by atoms with Crippen LogP contribution in [0.4, 0.5) is 0 Å². The molecule has 158 valence electrons. The third-order valence-electron chi connectivity index (χ3n) is 6.13. The van der Waals surface area contributed by atoms with Gasteiger partial charge in [-0.05, 0) is 63.5 Å². The predicted octanol–water partition coefficient (Wildman–Crippen LogP) is 3.03. The van der Waals surface area contributed by atoms with Gasteiger partial charge >= 0.3 is 5.97 Å². The minimum atomic E-state index is -0.544. The highest BCUT2D eigenvalue weighted by Crippen LogP contribution is 2.53. The van der Waals surface area contributed by atoms with Crippen molar-refractivity contribution in [2.24, 2.45) is 11.8 Å². The van der Waals surface area contributed by atoms with Crippen LogP contribution in [0.25, 0.3) is 0 Å². The molecule has 3 aliphatic rings. The molecule has 6 heteroatoms. The Morgan fingerprint density at radius 3 is 2.90 bits per heavy atom. The average Bonchev–Trinajstić information content (AvgIpc) is 3.24. The molecule has 29 heavy (non-hydrogen) atoms. The third kappa shape index (κ3) is 5.24. The number of ketones is 1. The largest absolute Gasteiger partial charge is 0.458 e. The highest BCUT2D eigenvalue weighted by molar-refractivity contribution is 5.98. The summed E-state index contributed by atoms with van der Waals surface area (Å²) in [5.74, 6) is -0.371. The zero-order valence-corrected chi connectivity index (χ0v) is 17.5. The molecule has 1 aliphatic heterocycles. The molecule has 1 saturated heterocycles. The molecule has 1 saturated carbocycles. The Hall–Kier alpha value is -2.21. The lowest BCUT2D eigenvalue weighted by molar-refractivity contribution is -0.137. The number of hydrogen-bond donors (Lipinski definition) is 1. The molecule has 1 N–H and O–H groups in total. The standard InChI is InChI=1S/C23H31NO5/c1-14(2)24-20(26)9-10-21(27)28-13-16-6-5-11-23(4)22(29-23)18-12-19(25)15(3)17(18)8-7-16/h6,9-10,14,17-18,22H,3,5,7-8,11-13H2,1-2,4H3,(H,24,26)/b10-9-,16-6+/t17-,18-,22-,23+/m0/s1. The zero-order valence-electron chi connectivity index (χ0n) is 17.5. The van der Waals surface area contributed by atoms with Crippen LogP contribution < -0.4 is 5.32 Å². The normalized spacial score (nSPS) is 33.7. The van der Waals surface area contributed by atoms with Gasteiger partial charge in [-0.3, -0.25) is 9.59 Å². The van der Waals surface area contributed by atoms with Crippen molar-refractivity contribution in [1.82, 2.24) is 5.32 Å². The maximum absolute atomic E-state index is 12.2. The topological polar surface area (TPSA) is 85.0 Å². The van der Waals surface area contributed by atoms with Gasteiger partial charge in [-0.15, -0.1) is 0 Å². The van der Waals surface area contributed by atoms with Crippen LogP contribution in [0.1, 0.15) is 52.9 Å². The molecule has 1 heterocycles. The Labute approximate surface area is 172 Å². The van der Waals surface area contributed by atoms with Crippen molar-refractivity contribution in [3.8, 4) is 0 Å². The molecule has 6 nitrogen and oxygen atoms in total. The van der Waals surface area contributed by atoms with Crippen molar-refractivity contribution in [2.75, 3.05) is 6.61 Å². The van der Waals surface area contributed by atoms with E-state index >= 15 is 0 Å². The SMILES string of the molecule is C=C1C(=O)C[C@H]2[C@H]1CC/C(COC(=O)/C=C\C(=O)NC(C)C)=C\CC[C@@]1(C)O[C@@H]21. The number of Topliss-reactive ketones (excluding diaryl/α,β-unsaturated/α-hetero) is 1. The van der Waals surface area contributed by atoms with E-state index in [9.17, 15) is 14.4 Å². The summed E-state index contributed by atoms with van der Waals surface area (Å²) >= 11 is 0. The molecule has 0 radical (unpaired) electrons. The van der Waals surface area contributed by atoms with Crippen LogP contribution >= 0.6 is 0 Å². The van der Waals surface area contributed by atoms with E-state index in [0.29, 0.717) is 12.0 Å². The van der Waals surface area contributed by atoms with Gasteiger partial charge in [-0.2, -0.15) is 0 Å². The molecule has 0 spiro atoms. The van der Waals surface area contributed by atoms with Crippen LogP contribution in [-0.2, 0) is 23.9 Å². The lowest BCUT2D eigenvalue weighted by Crippen LogP contribution is -2.28. The van der Waals surface area contributed by atoms with Crippen molar-refractivity contribution in [3.05, 3.63) is 36.0 Å². The van der Waals surface area contributed by atoms with Crippen LogP contribution in [0.2, 0.25) is 0 Å². The summed E-state index contributed by atoms with van der Waals surface area (Å²) in [7, 11) is 0. The lowest BCUT2D eigenvalue weighted by Gasteiger charge is -2.21. The fraction of sp³-hybridized carbons (Fsp3) is 0.609. The molecule has 2 aliphatic carbocycles. The number of rotatable bonds is 5. The number of epoxide rings is 1. The number of carbonyl (C=O) groups excluding carboxylic acids is 3. The number of hydrogen-bond acceptors (Lipinski definition) is 5. The van der Waals surface area contributed by atoms with E-state index in [1.165, 1.54) is 6.08 Å². The summed E-state index contributed by atoms with van der Waals surface area (Å²) in [6, 6.07) is 0.00853. The summed E-state index contributed by atoms with van der Waals surface area (Å²) < 4.78 is 11.3. The molecule has 0 bridgehead atoms. The predicted molar refractivity (Wildman–Crippen MR) is 109 cm³/mol. The second-order valence-corrected chi connectivity index (χ2v) is 8.82. The molecular formula is C23H31NO5. The van der Waals surface area contributed by atoms with Gasteiger partial charge in [0.2, 0.25) is 5.91 Å². The van der Waals surface area contributed by atoms with Gasteiger partial charge in [0.1, 0.15) is 6.61 Å². The van der Waals surface area contributed by atoms with E-state index in [2.05, 4.69) is 24.9 Å². The van der Waals surface area contributed by atoms with E-state index in [1.54, 1.807) is 0 Å². The van der Waals surface area contributed by atoms with Crippen LogP contribution in [0.3, 0.4) is 0 Å². The second kappa shape index (κ2) is 8.66. The fourth-order valence-electron chi connectivity index (χ4n) is 4.48. The van der Waals surface area contributed by atoms with Gasteiger partial charge in [0.05, 0.1) is 11.7 Å². The summed E-state index contributed by atoms with van der Waals surface area (Å²) in [6.45, 7) is 10.0. The molecule has 2 fully saturated rings. The van der Waals surface area contributed by atoms with E-state index in [1.807, 2.05) is 13.8 Å². The first-order valence-electron chi connectivity index (χ1n) is 10.4. The Bertz CT molecular complexity index is 765. The van der Waals surface area contributed by atoms with Gasteiger partial charge < -0.3 is 14.8 Å². The van der Waals surface area contributed by atoms with Crippen LogP contribution in [-0.4, -0.2) is 42.0 Å². The third-order valence-corrected chi connectivity index (χ3v) is 6.13. The highest BCUT2D eigenvalue weighted by atomic mass is 16.6. The van der Waals surface area contributed by atoms with E-state index in [-0.39, 0.29) is 47.9 Å². The van der Waals surface area contributed by atoms with E-state index < -0.39 is 5.97 Å². The lowest BCUT2D eigenvalue weighted by atomic mass is 9.80. The number of ether oxygens (including phenoxy) is 2. The number of fused-ring (bicyclic) bond motifs is 3. The van der Waals surface area contributed by atoms with Gasteiger partial charge in [-0.1, -0.05) is 12.7 Å². The molecule has 1 amide bonds. The Morgan fingerprint density at radius 2 is 2.17 bits per heavy atom. The zero-order chi connectivity index (χ0) is 21.2. The first kappa shape index (κ1) is 21.5. The van der Waals surface area contributed by atoms with E-state index in [4.69, 9.17) is 9.47 Å². The monoisotopic (exact) mass is 401 g/mol. The van der Waals surface area contributed by atoms with Crippen molar-refractivity contribution < 1.29 is 23.9 Å². The highest BCUT2D eigenvalue weighted by Gasteiger charge is 2.59. The van der Waals surface area contributed by atoms with Crippen molar-refractivity contribution in [3.63, 3.8) is 0 Å². The Kier molecular flexibility index (Phi) is 6.42. The Balaban J connectivity index is 1.58. The fourth-order valence-corrected chi connectivity index (χ4v) is 4.48. The summed E-state index contributed by atoms with van der Waals surface area (Å²) in [5, 5.41) is 2.68. The van der Waals surface area contributed by atoms with Crippen LogP contribution in [0.15, 0.2) is 36.0 Å². The average molecular weight is 402 g/mol. The molecule has 0 aromatic heterocycles. The quantitative estimate of drug-likeness (QED) is 0.331. The van der Waals surface area contributed by atoms with Crippen molar-refractivity contribution in [2.45, 2.75) is 70.6 Å². The number of allylic oxidation sites excluding steroid dienone is 2. The van der Waals surface area contributed by atoms with Gasteiger partial charge in [0.25, 0.3) is 0 Å². The minimum absolute atomic E-state index is 0.00853. The van der Waals surface area contributed by atoms with Crippen molar-refractivity contribution >= 4 is 17.7 Å². The molecule has 0 aromatic rings. The number of carbonyl (C=O) groups is 3. The summed E-state index contributed by atoms with van der Waals surface area (Å²) in [4.78, 5) is 35.7. The summed E-state index contributed by atoms with van der Waals surface area (Å²) in [6.07, 6.45) is 8.42. The first-order chi connectivity index (χ1) is 13.7. The number of nitrogens with one attached hydrogen (secondary N) is 1. The maximum atomic E-state index is 12.2. The van der Waals surface area contributed by atoms with E-state index in [0.717, 1.165) is 37.3 Å².